The monoisotopic (exact) mass is 365 g/mol. The molecule has 0 amide bonds. The SMILES string of the molecule is COc1ccc([N+](=O)[O-])cc1S(=O)(=O)N1CCC(CN)CC1.Cl. The zero-order chi connectivity index (χ0) is 16.3. The van der Waals surface area contributed by atoms with E-state index < -0.39 is 14.9 Å². The molecular weight excluding hydrogens is 346 g/mol. The van der Waals surface area contributed by atoms with E-state index in [1.54, 1.807) is 0 Å². The first kappa shape index (κ1) is 19.6. The summed E-state index contributed by atoms with van der Waals surface area (Å²) >= 11 is 0. The lowest BCUT2D eigenvalue weighted by Gasteiger charge is -2.30. The van der Waals surface area contributed by atoms with Crippen LogP contribution in [0.4, 0.5) is 5.69 Å². The summed E-state index contributed by atoms with van der Waals surface area (Å²) in [7, 11) is -2.50. The van der Waals surface area contributed by atoms with Crippen LogP contribution in [-0.4, -0.2) is 44.4 Å². The first-order valence-corrected chi connectivity index (χ1v) is 8.36. The van der Waals surface area contributed by atoms with Crippen LogP contribution in [0.5, 0.6) is 5.75 Å². The molecule has 0 radical (unpaired) electrons. The second-order valence-corrected chi connectivity index (χ2v) is 7.08. The number of methoxy groups -OCH3 is 1. The van der Waals surface area contributed by atoms with Gasteiger partial charge in [-0.2, -0.15) is 4.31 Å². The van der Waals surface area contributed by atoms with E-state index in [0.717, 1.165) is 6.07 Å². The molecule has 130 valence electrons. The number of rotatable bonds is 5. The number of nitro groups is 1. The maximum Gasteiger partial charge on any atom is 0.271 e. The summed E-state index contributed by atoms with van der Waals surface area (Å²) in [5, 5.41) is 10.9. The summed E-state index contributed by atoms with van der Waals surface area (Å²) in [5.74, 6) is 0.421. The Kier molecular flexibility index (Phi) is 6.75. The minimum atomic E-state index is -3.83. The van der Waals surface area contributed by atoms with E-state index in [9.17, 15) is 18.5 Å². The van der Waals surface area contributed by atoms with Gasteiger partial charge in [0.1, 0.15) is 10.6 Å². The summed E-state index contributed by atoms with van der Waals surface area (Å²) in [6.45, 7) is 1.25. The van der Waals surface area contributed by atoms with Crippen LogP contribution in [0.1, 0.15) is 12.8 Å². The number of piperidine rings is 1. The Morgan fingerprint density at radius 3 is 2.48 bits per heavy atom. The third-order valence-corrected chi connectivity index (χ3v) is 5.80. The molecular formula is C13H20ClN3O5S. The van der Waals surface area contributed by atoms with Gasteiger partial charge in [0.25, 0.3) is 5.69 Å². The predicted octanol–water partition coefficient (Wildman–Crippen LogP) is 1.38. The summed E-state index contributed by atoms with van der Waals surface area (Å²) in [4.78, 5) is 10.1. The fourth-order valence-electron chi connectivity index (χ4n) is 2.50. The van der Waals surface area contributed by atoms with Crippen molar-refractivity contribution in [2.45, 2.75) is 17.7 Å². The molecule has 0 saturated carbocycles. The Bertz CT molecular complexity index is 660. The quantitative estimate of drug-likeness (QED) is 0.622. The highest BCUT2D eigenvalue weighted by atomic mass is 35.5. The third kappa shape index (κ3) is 4.11. The molecule has 0 atom stereocenters. The molecule has 2 rings (SSSR count). The van der Waals surface area contributed by atoms with Gasteiger partial charge in [0.2, 0.25) is 10.0 Å². The van der Waals surface area contributed by atoms with Crippen LogP contribution >= 0.6 is 12.4 Å². The molecule has 0 spiro atoms. The van der Waals surface area contributed by atoms with Crippen molar-refractivity contribution in [3.05, 3.63) is 28.3 Å². The Balaban J connectivity index is 0.00000264. The van der Waals surface area contributed by atoms with E-state index in [0.29, 0.717) is 38.4 Å². The lowest BCUT2D eigenvalue weighted by Crippen LogP contribution is -2.40. The van der Waals surface area contributed by atoms with Gasteiger partial charge in [0.15, 0.2) is 0 Å². The van der Waals surface area contributed by atoms with Gasteiger partial charge in [-0.1, -0.05) is 0 Å². The van der Waals surface area contributed by atoms with Gasteiger partial charge < -0.3 is 10.5 Å². The van der Waals surface area contributed by atoms with E-state index in [1.165, 1.54) is 23.5 Å². The molecule has 1 aromatic carbocycles. The summed E-state index contributed by atoms with van der Waals surface area (Å²) < 4.78 is 31.8. The predicted molar refractivity (Wildman–Crippen MR) is 87.4 cm³/mol. The molecule has 1 fully saturated rings. The van der Waals surface area contributed by atoms with Crippen LogP contribution in [0, 0.1) is 16.0 Å². The molecule has 0 aromatic heterocycles. The number of sulfonamides is 1. The highest BCUT2D eigenvalue weighted by molar-refractivity contribution is 7.89. The minimum Gasteiger partial charge on any atom is -0.495 e. The molecule has 23 heavy (non-hydrogen) atoms. The molecule has 0 unspecified atom stereocenters. The average molecular weight is 366 g/mol. The van der Waals surface area contributed by atoms with E-state index in [2.05, 4.69) is 0 Å². The van der Waals surface area contributed by atoms with E-state index >= 15 is 0 Å². The molecule has 0 aliphatic carbocycles. The van der Waals surface area contributed by atoms with Crippen molar-refractivity contribution >= 4 is 28.1 Å². The van der Waals surface area contributed by atoms with Crippen LogP contribution < -0.4 is 10.5 Å². The molecule has 2 N–H and O–H groups in total. The first-order chi connectivity index (χ1) is 10.4. The fourth-order valence-corrected chi connectivity index (χ4v) is 4.15. The highest BCUT2D eigenvalue weighted by Gasteiger charge is 2.32. The fraction of sp³-hybridized carbons (Fsp3) is 0.538. The number of halogens is 1. The van der Waals surface area contributed by atoms with Crippen LogP contribution in [0.25, 0.3) is 0 Å². The van der Waals surface area contributed by atoms with Crippen molar-refractivity contribution in [3.8, 4) is 5.75 Å². The van der Waals surface area contributed by atoms with Crippen LogP contribution in [0.15, 0.2) is 23.1 Å². The molecule has 1 heterocycles. The largest absolute Gasteiger partial charge is 0.495 e. The van der Waals surface area contributed by atoms with Crippen LogP contribution in [-0.2, 0) is 10.0 Å². The lowest BCUT2D eigenvalue weighted by atomic mass is 9.99. The van der Waals surface area contributed by atoms with Crippen molar-refractivity contribution < 1.29 is 18.1 Å². The van der Waals surface area contributed by atoms with Crippen LogP contribution in [0.3, 0.4) is 0 Å². The Hall–Kier alpha value is -1.42. The Morgan fingerprint density at radius 1 is 1.39 bits per heavy atom. The second kappa shape index (κ2) is 7.91. The number of hydrogen-bond acceptors (Lipinski definition) is 6. The van der Waals surface area contributed by atoms with E-state index in [-0.39, 0.29) is 28.7 Å². The number of nitro benzene ring substituents is 1. The number of nitrogens with two attached hydrogens (primary N) is 1. The van der Waals surface area contributed by atoms with Gasteiger partial charge in [-0.05, 0) is 31.4 Å². The van der Waals surface area contributed by atoms with Gasteiger partial charge in [-0.3, -0.25) is 10.1 Å². The van der Waals surface area contributed by atoms with Crippen molar-refractivity contribution in [3.63, 3.8) is 0 Å². The maximum absolute atomic E-state index is 12.7. The van der Waals surface area contributed by atoms with Gasteiger partial charge in [-0.25, -0.2) is 8.42 Å². The van der Waals surface area contributed by atoms with Crippen molar-refractivity contribution in [1.29, 1.82) is 0 Å². The summed E-state index contributed by atoms with van der Waals surface area (Å²) in [6.07, 6.45) is 1.37. The first-order valence-electron chi connectivity index (χ1n) is 6.92. The van der Waals surface area contributed by atoms with Crippen molar-refractivity contribution in [2.75, 3.05) is 26.7 Å². The van der Waals surface area contributed by atoms with E-state index in [1.807, 2.05) is 0 Å². The normalized spacial score (nSPS) is 16.6. The standard InChI is InChI=1S/C13H19N3O5S.ClH/c1-21-12-3-2-11(16(17)18)8-13(12)22(19,20)15-6-4-10(9-14)5-7-15;/h2-3,8,10H,4-7,9,14H2,1H3;1H. The number of non-ortho nitro benzene ring substituents is 1. The molecule has 1 saturated heterocycles. The molecule has 1 aliphatic rings. The number of ether oxygens (including phenoxy) is 1. The van der Waals surface area contributed by atoms with Gasteiger partial charge >= 0.3 is 0 Å². The zero-order valence-corrected chi connectivity index (χ0v) is 14.3. The summed E-state index contributed by atoms with van der Waals surface area (Å²) in [5.41, 5.74) is 5.32. The second-order valence-electron chi connectivity index (χ2n) is 5.18. The maximum atomic E-state index is 12.7. The molecule has 0 bridgehead atoms. The Labute approximate surface area is 141 Å². The number of nitrogens with zero attached hydrogens (tertiary/aromatic N) is 2. The van der Waals surface area contributed by atoms with Gasteiger partial charge in [0.05, 0.1) is 12.0 Å². The van der Waals surface area contributed by atoms with Gasteiger partial charge in [0, 0.05) is 25.2 Å². The number of benzene rings is 1. The molecule has 8 nitrogen and oxygen atoms in total. The minimum absolute atomic E-state index is 0. The average Bonchev–Trinajstić information content (AvgIpc) is 2.54. The lowest BCUT2D eigenvalue weighted by molar-refractivity contribution is -0.385. The number of hydrogen-bond donors (Lipinski definition) is 1. The van der Waals surface area contributed by atoms with E-state index in [4.69, 9.17) is 10.5 Å². The summed E-state index contributed by atoms with van der Waals surface area (Å²) in [6, 6.07) is 3.57. The smallest absolute Gasteiger partial charge is 0.271 e. The van der Waals surface area contributed by atoms with Gasteiger partial charge in [-0.15, -0.1) is 12.4 Å². The topological polar surface area (TPSA) is 116 Å². The van der Waals surface area contributed by atoms with Crippen molar-refractivity contribution in [1.82, 2.24) is 4.31 Å². The van der Waals surface area contributed by atoms with Crippen molar-refractivity contribution in [2.24, 2.45) is 11.7 Å². The molecule has 10 heteroatoms. The third-order valence-electron chi connectivity index (χ3n) is 3.88. The Morgan fingerprint density at radius 2 is 2.00 bits per heavy atom. The molecule has 1 aliphatic heterocycles. The molecule has 1 aromatic rings. The highest BCUT2D eigenvalue weighted by Crippen LogP contribution is 2.32. The van der Waals surface area contributed by atoms with Crippen LogP contribution in [0.2, 0.25) is 0 Å². The zero-order valence-electron chi connectivity index (χ0n) is 12.7.